The molecule has 2 aromatic rings. The maximum absolute atomic E-state index is 8.69. The molecule has 1 atom stereocenters. The van der Waals surface area contributed by atoms with Crippen molar-refractivity contribution < 1.29 is 0 Å². The van der Waals surface area contributed by atoms with Gasteiger partial charge in [0.15, 0.2) is 5.82 Å². The Hall–Kier alpha value is -2.09. The third-order valence-corrected chi connectivity index (χ3v) is 2.69. The minimum Gasteiger partial charge on any atom is -0.354 e. The Morgan fingerprint density at radius 1 is 1.56 bits per heavy atom. The van der Waals surface area contributed by atoms with E-state index in [1.807, 2.05) is 31.1 Å². The van der Waals surface area contributed by atoms with Gasteiger partial charge in [-0.3, -0.25) is 0 Å². The first-order chi connectivity index (χ1) is 7.74. The molecule has 0 aliphatic carbocycles. The van der Waals surface area contributed by atoms with Crippen LogP contribution in [0.4, 0.5) is 5.82 Å². The molecule has 0 fully saturated rings. The summed E-state index contributed by atoms with van der Waals surface area (Å²) >= 11 is 0. The zero-order valence-corrected chi connectivity index (χ0v) is 9.33. The maximum Gasteiger partial charge on any atom is 0.154 e. The van der Waals surface area contributed by atoms with Crippen LogP contribution in [0.2, 0.25) is 0 Å². The van der Waals surface area contributed by atoms with Crippen LogP contribution in [0.5, 0.6) is 0 Å². The third kappa shape index (κ3) is 1.70. The summed E-state index contributed by atoms with van der Waals surface area (Å²) in [6, 6.07) is 4.22. The molecule has 0 bridgehead atoms. The molecule has 5 heteroatoms. The molecule has 82 valence electrons. The third-order valence-electron chi connectivity index (χ3n) is 2.69. The summed E-state index contributed by atoms with van der Waals surface area (Å²) in [5.41, 5.74) is 0.954. The molecule has 5 nitrogen and oxygen atoms in total. The lowest BCUT2D eigenvalue weighted by molar-refractivity contribution is 0.693. The molecule has 2 aromatic heterocycles. The Bertz CT molecular complexity index is 524. The molecule has 1 unspecified atom stereocenters. The van der Waals surface area contributed by atoms with E-state index in [9.17, 15) is 0 Å². The second-order valence-corrected chi connectivity index (χ2v) is 3.73. The number of hydrogen-bond acceptors (Lipinski definition) is 4. The van der Waals surface area contributed by atoms with Crippen LogP contribution in [0.3, 0.4) is 0 Å². The van der Waals surface area contributed by atoms with Crippen LogP contribution in [0.25, 0.3) is 5.52 Å². The molecule has 0 aromatic carbocycles. The minimum absolute atomic E-state index is 0.138. The fourth-order valence-electron chi connectivity index (χ4n) is 1.59. The van der Waals surface area contributed by atoms with Gasteiger partial charge in [-0.15, -0.1) is 0 Å². The molecule has 0 saturated carbocycles. The molecule has 0 saturated heterocycles. The normalized spacial score (nSPS) is 12.3. The van der Waals surface area contributed by atoms with E-state index in [-0.39, 0.29) is 6.04 Å². The fraction of sp³-hybridized carbons (Fsp3) is 0.364. The molecule has 16 heavy (non-hydrogen) atoms. The van der Waals surface area contributed by atoms with Crippen LogP contribution in [-0.2, 0) is 0 Å². The standard InChI is InChI=1S/C11H13N5/c1-9(3-5-12)15(2)11-10-4-6-14-16(10)8-7-13-11/h4,6-9H,3H2,1-2H3. The molecule has 0 radical (unpaired) electrons. The van der Waals surface area contributed by atoms with Crippen molar-refractivity contribution in [2.75, 3.05) is 11.9 Å². The number of nitrogens with zero attached hydrogens (tertiary/aromatic N) is 5. The minimum atomic E-state index is 0.138. The zero-order valence-electron chi connectivity index (χ0n) is 9.33. The van der Waals surface area contributed by atoms with Gasteiger partial charge in [0.1, 0.15) is 5.52 Å². The lowest BCUT2D eigenvalue weighted by Gasteiger charge is -2.24. The van der Waals surface area contributed by atoms with E-state index < -0.39 is 0 Å². The van der Waals surface area contributed by atoms with Gasteiger partial charge in [0.05, 0.1) is 18.7 Å². The predicted molar refractivity (Wildman–Crippen MR) is 61.1 cm³/mol. The van der Waals surface area contributed by atoms with E-state index in [0.717, 1.165) is 11.3 Å². The van der Waals surface area contributed by atoms with E-state index in [0.29, 0.717) is 6.42 Å². The quantitative estimate of drug-likeness (QED) is 0.778. The van der Waals surface area contributed by atoms with E-state index >= 15 is 0 Å². The zero-order chi connectivity index (χ0) is 11.5. The van der Waals surface area contributed by atoms with Gasteiger partial charge < -0.3 is 4.90 Å². The lowest BCUT2D eigenvalue weighted by Crippen LogP contribution is -2.29. The number of aromatic nitrogens is 3. The summed E-state index contributed by atoms with van der Waals surface area (Å²) in [6.07, 6.45) is 5.74. The molecular weight excluding hydrogens is 202 g/mol. The number of anilines is 1. The van der Waals surface area contributed by atoms with Gasteiger partial charge in [0.2, 0.25) is 0 Å². The highest BCUT2D eigenvalue weighted by Crippen LogP contribution is 2.19. The molecule has 0 N–H and O–H groups in total. The van der Waals surface area contributed by atoms with Gasteiger partial charge in [0.25, 0.3) is 0 Å². The van der Waals surface area contributed by atoms with Crippen molar-refractivity contribution in [2.24, 2.45) is 0 Å². The second-order valence-electron chi connectivity index (χ2n) is 3.73. The fourth-order valence-corrected chi connectivity index (χ4v) is 1.59. The number of fused-ring (bicyclic) bond motifs is 1. The summed E-state index contributed by atoms with van der Waals surface area (Å²) in [4.78, 5) is 6.34. The van der Waals surface area contributed by atoms with Gasteiger partial charge in [-0.1, -0.05) is 0 Å². The highest BCUT2D eigenvalue weighted by atomic mass is 15.3. The molecule has 0 amide bonds. The first kappa shape index (κ1) is 10.4. The van der Waals surface area contributed by atoms with E-state index in [2.05, 4.69) is 16.2 Å². The highest BCUT2D eigenvalue weighted by molar-refractivity contribution is 5.68. The summed E-state index contributed by atoms with van der Waals surface area (Å²) in [5.74, 6) is 0.850. The average molecular weight is 215 g/mol. The van der Waals surface area contributed by atoms with E-state index in [1.54, 1.807) is 16.9 Å². The van der Waals surface area contributed by atoms with E-state index in [4.69, 9.17) is 5.26 Å². The van der Waals surface area contributed by atoms with Gasteiger partial charge in [-0.05, 0) is 13.0 Å². The van der Waals surface area contributed by atoms with Gasteiger partial charge in [-0.25, -0.2) is 9.50 Å². The van der Waals surface area contributed by atoms with Crippen LogP contribution in [0, 0.1) is 11.3 Å². The Morgan fingerprint density at radius 2 is 2.38 bits per heavy atom. The maximum atomic E-state index is 8.69. The van der Waals surface area contributed by atoms with Gasteiger partial charge in [0, 0.05) is 25.5 Å². The molecular formula is C11H13N5. The molecule has 2 heterocycles. The topological polar surface area (TPSA) is 57.2 Å². The number of hydrogen-bond donors (Lipinski definition) is 0. The van der Waals surface area contributed by atoms with Crippen LogP contribution >= 0.6 is 0 Å². The van der Waals surface area contributed by atoms with Crippen molar-refractivity contribution in [2.45, 2.75) is 19.4 Å². The highest BCUT2D eigenvalue weighted by Gasteiger charge is 2.13. The SMILES string of the molecule is CC(CC#N)N(C)c1nccn2nccc12. The monoisotopic (exact) mass is 215 g/mol. The Kier molecular flexibility index (Phi) is 2.73. The van der Waals surface area contributed by atoms with E-state index in [1.165, 1.54) is 0 Å². The summed E-state index contributed by atoms with van der Waals surface area (Å²) < 4.78 is 1.78. The van der Waals surface area contributed by atoms with Crippen molar-refractivity contribution in [3.05, 3.63) is 24.7 Å². The number of nitriles is 1. The second kappa shape index (κ2) is 4.19. The van der Waals surface area contributed by atoms with Crippen LogP contribution in [-0.4, -0.2) is 27.7 Å². The molecule has 0 spiro atoms. The van der Waals surface area contributed by atoms with Gasteiger partial charge in [-0.2, -0.15) is 10.4 Å². The van der Waals surface area contributed by atoms with Crippen molar-refractivity contribution in [3.8, 4) is 6.07 Å². The van der Waals surface area contributed by atoms with Crippen LogP contribution in [0.1, 0.15) is 13.3 Å². The molecule has 2 rings (SSSR count). The van der Waals surface area contributed by atoms with Gasteiger partial charge >= 0.3 is 0 Å². The van der Waals surface area contributed by atoms with Crippen LogP contribution in [0.15, 0.2) is 24.7 Å². The number of rotatable bonds is 3. The summed E-state index contributed by atoms with van der Waals surface area (Å²) in [6.45, 7) is 2.00. The largest absolute Gasteiger partial charge is 0.354 e. The summed E-state index contributed by atoms with van der Waals surface area (Å²) in [7, 11) is 1.94. The summed E-state index contributed by atoms with van der Waals surface area (Å²) in [5, 5.41) is 12.8. The van der Waals surface area contributed by atoms with Crippen molar-refractivity contribution in [1.82, 2.24) is 14.6 Å². The van der Waals surface area contributed by atoms with Crippen molar-refractivity contribution in [1.29, 1.82) is 5.26 Å². The first-order valence-electron chi connectivity index (χ1n) is 5.12. The van der Waals surface area contributed by atoms with Crippen molar-refractivity contribution in [3.63, 3.8) is 0 Å². The lowest BCUT2D eigenvalue weighted by atomic mass is 10.2. The molecule has 0 aliphatic heterocycles. The Labute approximate surface area is 93.9 Å². The van der Waals surface area contributed by atoms with Crippen LogP contribution < -0.4 is 4.90 Å². The Morgan fingerprint density at radius 3 is 3.12 bits per heavy atom. The smallest absolute Gasteiger partial charge is 0.154 e. The average Bonchev–Trinajstić information content (AvgIpc) is 2.76. The van der Waals surface area contributed by atoms with Crippen molar-refractivity contribution >= 4 is 11.3 Å². The Balaban J connectivity index is 2.39. The first-order valence-corrected chi connectivity index (χ1v) is 5.12. The molecule has 0 aliphatic rings. The predicted octanol–water partition coefficient (Wildman–Crippen LogP) is 1.47.